The highest BCUT2D eigenvalue weighted by Gasteiger charge is 2.37. The van der Waals surface area contributed by atoms with Crippen LogP contribution in [0.25, 0.3) is 6.08 Å². The first kappa shape index (κ1) is 26.1. The first-order valence-corrected chi connectivity index (χ1v) is 12.8. The third-order valence-electron chi connectivity index (χ3n) is 5.78. The number of piperidine rings is 1. The minimum absolute atomic E-state index is 0.114. The van der Waals surface area contributed by atoms with Gasteiger partial charge in [0.05, 0.1) is 20.5 Å². The predicted molar refractivity (Wildman–Crippen MR) is 137 cm³/mol. The normalized spacial score (nSPS) is 17.1. The van der Waals surface area contributed by atoms with Crippen molar-refractivity contribution >= 4 is 64.1 Å². The van der Waals surface area contributed by atoms with Gasteiger partial charge in [0.15, 0.2) is 5.75 Å². The highest BCUT2D eigenvalue weighted by molar-refractivity contribution is 8.18. The number of imide groups is 1. The van der Waals surface area contributed by atoms with Crippen LogP contribution in [-0.2, 0) is 16.2 Å². The zero-order chi connectivity index (χ0) is 25.8. The number of likely N-dealkylation sites (tertiary alicyclic amines) is 1. The molecule has 11 heteroatoms. The fourth-order valence-corrected chi connectivity index (χ4v) is 5.32. The monoisotopic (exact) mass is 548 g/mol. The van der Waals surface area contributed by atoms with Crippen LogP contribution in [0.4, 0.5) is 4.79 Å². The third kappa shape index (κ3) is 6.03. The average molecular weight is 549 g/mol. The largest absolute Gasteiger partial charge is 0.486 e. The Bertz CT molecular complexity index is 1220. The van der Waals surface area contributed by atoms with Crippen LogP contribution in [0.3, 0.4) is 0 Å². The van der Waals surface area contributed by atoms with Crippen molar-refractivity contribution in [2.45, 2.75) is 25.9 Å². The molecule has 0 unspecified atom stereocenters. The topological polar surface area (TPSA) is 104 Å². The number of amides is 3. The molecule has 2 aliphatic heterocycles. The zero-order valence-electron chi connectivity index (χ0n) is 19.0. The summed E-state index contributed by atoms with van der Waals surface area (Å²) in [6.45, 7) is 1.13. The van der Waals surface area contributed by atoms with Gasteiger partial charge < -0.3 is 14.7 Å². The van der Waals surface area contributed by atoms with Crippen LogP contribution < -0.4 is 4.74 Å². The molecule has 0 atom stereocenters. The van der Waals surface area contributed by atoms with Gasteiger partial charge in [-0.25, -0.2) is 4.79 Å². The maximum absolute atomic E-state index is 12.8. The molecule has 2 aliphatic rings. The Kier molecular flexibility index (Phi) is 8.23. The highest BCUT2D eigenvalue weighted by atomic mass is 35.5. The molecule has 8 nitrogen and oxygen atoms in total. The SMILES string of the molecule is O=C(O)c1ccc(COc2c(Cl)cc(/C=C3\SC(=O)N(CC(=O)N4CCCCC4)C3=O)cc2Cl)cc1. The number of hydrogen-bond donors (Lipinski definition) is 1. The quantitative estimate of drug-likeness (QED) is 0.467. The molecule has 0 bridgehead atoms. The summed E-state index contributed by atoms with van der Waals surface area (Å²) in [5.41, 5.74) is 1.39. The second-order valence-electron chi connectivity index (χ2n) is 8.31. The van der Waals surface area contributed by atoms with Crippen molar-refractivity contribution in [3.63, 3.8) is 0 Å². The van der Waals surface area contributed by atoms with Crippen LogP contribution >= 0.6 is 35.0 Å². The molecule has 0 saturated carbocycles. The molecule has 3 amide bonds. The molecule has 2 saturated heterocycles. The summed E-state index contributed by atoms with van der Waals surface area (Å²) in [4.78, 5) is 51.6. The van der Waals surface area contributed by atoms with Crippen molar-refractivity contribution in [2.75, 3.05) is 19.6 Å². The van der Waals surface area contributed by atoms with E-state index in [1.807, 2.05) is 0 Å². The second-order valence-corrected chi connectivity index (χ2v) is 10.1. The lowest BCUT2D eigenvalue weighted by Gasteiger charge is -2.27. The number of nitrogens with zero attached hydrogens (tertiary/aromatic N) is 2. The van der Waals surface area contributed by atoms with E-state index in [1.54, 1.807) is 29.2 Å². The van der Waals surface area contributed by atoms with E-state index >= 15 is 0 Å². The van der Waals surface area contributed by atoms with Gasteiger partial charge in [-0.15, -0.1) is 0 Å². The predicted octanol–water partition coefficient (Wildman–Crippen LogP) is 5.32. The van der Waals surface area contributed by atoms with E-state index in [-0.39, 0.29) is 45.3 Å². The lowest BCUT2D eigenvalue weighted by molar-refractivity contribution is -0.136. The van der Waals surface area contributed by atoms with Gasteiger partial charge in [-0.1, -0.05) is 35.3 Å². The Balaban J connectivity index is 1.43. The second kappa shape index (κ2) is 11.4. The van der Waals surface area contributed by atoms with Crippen LogP contribution in [0, 0.1) is 0 Å². The molecule has 2 heterocycles. The number of rotatable bonds is 7. The number of halogens is 2. The van der Waals surface area contributed by atoms with Crippen LogP contribution in [-0.4, -0.2) is 57.6 Å². The maximum Gasteiger partial charge on any atom is 0.335 e. The van der Waals surface area contributed by atoms with Crippen molar-refractivity contribution in [2.24, 2.45) is 0 Å². The van der Waals surface area contributed by atoms with Crippen LogP contribution in [0.2, 0.25) is 10.0 Å². The van der Waals surface area contributed by atoms with Crippen molar-refractivity contribution < 1.29 is 29.0 Å². The summed E-state index contributed by atoms with van der Waals surface area (Å²) in [5.74, 6) is -1.55. The van der Waals surface area contributed by atoms with Gasteiger partial charge in [-0.2, -0.15) is 0 Å². The number of carboxylic acids is 1. The van der Waals surface area contributed by atoms with E-state index in [0.29, 0.717) is 18.7 Å². The Morgan fingerprint density at radius 3 is 2.28 bits per heavy atom. The van der Waals surface area contributed by atoms with Gasteiger partial charge in [0.1, 0.15) is 13.2 Å². The zero-order valence-corrected chi connectivity index (χ0v) is 21.4. The summed E-state index contributed by atoms with van der Waals surface area (Å²) in [5, 5.41) is 8.90. The number of thioether (sulfide) groups is 1. The van der Waals surface area contributed by atoms with Crippen LogP contribution in [0.1, 0.15) is 40.7 Å². The fourth-order valence-electron chi connectivity index (χ4n) is 3.87. The first-order valence-electron chi connectivity index (χ1n) is 11.2. The molecule has 0 aromatic heterocycles. The molecule has 0 spiro atoms. The van der Waals surface area contributed by atoms with Crippen LogP contribution in [0.15, 0.2) is 41.3 Å². The molecule has 188 valence electrons. The smallest absolute Gasteiger partial charge is 0.335 e. The summed E-state index contributed by atoms with van der Waals surface area (Å²) in [7, 11) is 0. The van der Waals surface area contributed by atoms with Crippen molar-refractivity contribution in [3.8, 4) is 5.75 Å². The number of ether oxygens (including phenoxy) is 1. The van der Waals surface area contributed by atoms with E-state index < -0.39 is 17.1 Å². The molecule has 2 aromatic rings. The fraction of sp³-hybridized carbons (Fsp3) is 0.280. The number of aromatic carboxylic acids is 1. The Labute approximate surface area is 221 Å². The minimum atomic E-state index is -1.02. The summed E-state index contributed by atoms with van der Waals surface area (Å²) >= 11 is 13.5. The van der Waals surface area contributed by atoms with Gasteiger partial charge in [0, 0.05) is 13.1 Å². The van der Waals surface area contributed by atoms with Crippen molar-refractivity contribution in [1.29, 1.82) is 0 Å². The lowest BCUT2D eigenvalue weighted by Crippen LogP contribution is -2.44. The molecule has 1 N–H and O–H groups in total. The van der Waals surface area contributed by atoms with E-state index in [9.17, 15) is 19.2 Å². The van der Waals surface area contributed by atoms with Gasteiger partial charge >= 0.3 is 5.97 Å². The number of benzene rings is 2. The highest BCUT2D eigenvalue weighted by Crippen LogP contribution is 2.38. The first-order chi connectivity index (χ1) is 17.2. The van der Waals surface area contributed by atoms with Crippen molar-refractivity contribution in [3.05, 3.63) is 68.0 Å². The molecular weight excluding hydrogens is 527 g/mol. The maximum atomic E-state index is 12.8. The molecule has 2 aromatic carbocycles. The van der Waals surface area contributed by atoms with E-state index in [1.165, 1.54) is 18.2 Å². The van der Waals surface area contributed by atoms with E-state index in [2.05, 4.69) is 0 Å². The molecule has 4 rings (SSSR count). The van der Waals surface area contributed by atoms with Gasteiger partial charge in [0.25, 0.3) is 11.1 Å². The Morgan fingerprint density at radius 1 is 1.03 bits per heavy atom. The molecule has 2 fully saturated rings. The Hall–Kier alpha value is -3.01. The summed E-state index contributed by atoms with van der Waals surface area (Å²) < 4.78 is 5.73. The number of hydrogen-bond acceptors (Lipinski definition) is 6. The molecular formula is C25H22Cl2N2O6S. The standard InChI is InChI=1S/C25H22Cl2N2O6S/c26-18-10-16(11-19(27)22(18)35-14-15-4-6-17(7-5-15)24(32)33)12-20-23(31)29(25(34)36-20)13-21(30)28-8-2-1-3-9-28/h4-7,10-12H,1-3,8-9,13-14H2,(H,32,33)/b20-12-. The van der Waals surface area contributed by atoms with E-state index in [0.717, 1.165) is 41.5 Å². The third-order valence-corrected chi connectivity index (χ3v) is 7.25. The van der Waals surface area contributed by atoms with Crippen LogP contribution in [0.5, 0.6) is 5.75 Å². The van der Waals surface area contributed by atoms with Gasteiger partial charge in [0.2, 0.25) is 5.91 Å². The summed E-state index contributed by atoms with van der Waals surface area (Å²) in [6.07, 6.45) is 4.42. The average Bonchev–Trinajstić information content (AvgIpc) is 3.11. The van der Waals surface area contributed by atoms with Gasteiger partial charge in [-0.05, 0) is 72.5 Å². The molecule has 0 aliphatic carbocycles. The number of carboxylic acid groups (broad SMARTS) is 1. The van der Waals surface area contributed by atoms with E-state index in [4.69, 9.17) is 33.0 Å². The molecule has 0 radical (unpaired) electrons. The Morgan fingerprint density at radius 2 is 1.67 bits per heavy atom. The van der Waals surface area contributed by atoms with Crippen molar-refractivity contribution in [1.82, 2.24) is 9.80 Å². The van der Waals surface area contributed by atoms with Gasteiger partial charge in [-0.3, -0.25) is 19.3 Å². The number of carbonyl (C=O) groups excluding carboxylic acids is 3. The lowest BCUT2D eigenvalue weighted by atomic mass is 10.1. The summed E-state index contributed by atoms with van der Waals surface area (Å²) in [6, 6.07) is 9.32. The minimum Gasteiger partial charge on any atom is -0.486 e. The molecule has 36 heavy (non-hydrogen) atoms. The number of carbonyl (C=O) groups is 4.